The molecule has 2 aliphatic heterocycles. The number of aromatic amines is 1. The van der Waals surface area contributed by atoms with Crippen LogP contribution in [0, 0.1) is 0 Å². The van der Waals surface area contributed by atoms with E-state index in [0.717, 1.165) is 91.4 Å². The van der Waals surface area contributed by atoms with Crippen molar-refractivity contribution in [3.63, 3.8) is 0 Å². The standard InChI is InChI=1S/C34H45N5O10S/c1-48-22-13-12-17(14-23(22)49-2)25-19-10-6-7-11-20(19)38(18-8-4-3-5-9-18)31-26(25)32(46)36-30(35-31)33(47)37-39-24(42)16-50-34(39)29(45)28(44)27(43)21(41)15-40/h12-14,18,21,25,27-29,34,40-41,43-45H,3-11,15-16H2,1-2H3,(H,37,47)(H,35,36,46)/t21-,25?,27-,28+,29+,34?/m1/s1. The Morgan fingerprint density at radius 2 is 1.74 bits per heavy atom. The number of nitrogens with zero attached hydrogens (tertiary/aromatic N) is 3. The number of anilines is 1. The van der Waals surface area contributed by atoms with Gasteiger partial charge in [-0.05, 0) is 61.8 Å². The summed E-state index contributed by atoms with van der Waals surface area (Å²) in [6.07, 6.45) is 1.09. The summed E-state index contributed by atoms with van der Waals surface area (Å²) in [6, 6.07) is 5.68. The number of aliphatic hydroxyl groups is 5. The first-order chi connectivity index (χ1) is 24.1. The summed E-state index contributed by atoms with van der Waals surface area (Å²) in [7, 11) is 3.11. The highest BCUT2D eigenvalue weighted by Gasteiger charge is 2.45. The van der Waals surface area contributed by atoms with E-state index in [1.165, 1.54) is 0 Å². The highest BCUT2D eigenvalue weighted by Crippen LogP contribution is 2.50. The molecular formula is C34H45N5O10S. The minimum Gasteiger partial charge on any atom is -0.493 e. The molecule has 2 unspecified atom stereocenters. The summed E-state index contributed by atoms with van der Waals surface area (Å²) in [6.45, 7) is -0.872. The van der Waals surface area contributed by atoms with Crippen molar-refractivity contribution in [3.05, 3.63) is 56.8 Å². The van der Waals surface area contributed by atoms with E-state index >= 15 is 0 Å². The van der Waals surface area contributed by atoms with Crippen LogP contribution < -0.4 is 25.4 Å². The molecule has 272 valence electrons. The first-order valence-corrected chi connectivity index (χ1v) is 18.1. The number of H-pyrrole nitrogens is 1. The number of rotatable bonds is 11. The van der Waals surface area contributed by atoms with Gasteiger partial charge in [-0.3, -0.25) is 19.8 Å². The zero-order valence-corrected chi connectivity index (χ0v) is 28.9. The van der Waals surface area contributed by atoms with Crippen molar-refractivity contribution in [2.45, 2.75) is 99.5 Å². The zero-order valence-electron chi connectivity index (χ0n) is 28.1. The molecule has 1 aromatic carbocycles. The fourth-order valence-electron chi connectivity index (χ4n) is 7.64. The number of aliphatic hydroxyl groups excluding tert-OH is 5. The first kappa shape index (κ1) is 36.1. The van der Waals surface area contributed by atoms with Gasteiger partial charge in [-0.25, -0.2) is 9.99 Å². The number of carbonyl (C=O) groups excluding carboxylic acids is 2. The Balaban J connectivity index is 1.40. The number of benzene rings is 1. The Kier molecular flexibility index (Phi) is 11.0. The molecule has 2 aliphatic carbocycles. The molecule has 3 heterocycles. The van der Waals surface area contributed by atoms with Crippen LogP contribution in [0.25, 0.3) is 0 Å². The van der Waals surface area contributed by atoms with Crippen molar-refractivity contribution in [2.75, 3.05) is 31.5 Å². The smallest absolute Gasteiger partial charge is 0.305 e. The third-order valence-corrected chi connectivity index (χ3v) is 11.4. The predicted octanol–water partition coefficient (Wildman–Crippen LogP) is 0.882. The number of fused-ring (bicyclic) bond motifs is 1. The molecule has 6 atom stereocenters. The van der Waals surface area contributed by atoms with Crippen LogP contribution in [0.4, 0.5) is 5.82 Å². The fourth-order valence-corrected chi connectivity index (χ4v) is 8.77. The van der Waals surface area contributed by atoms with Gasteiger partial charge in [0, 0.05) is 17.7 Å². The molecule has 2 amide bonds. The summed E-state index contributed by atoms with van der Waals surface area (Å²) < 4.78 is 11.1. The van der Waals surface area contributed by atoms with E-state index in [1.54, 1.807) is 14.2 Å². The van der Waals surface area contributed by atoms with Gasteiger partial charge in [-0.2, -0.15) is 0 Å². The van der Waals surface area contributed by atoms with Crippen molar-refractivity contribution >= 4 is 29.4 Å². The van der Waals surface area contributed by atoms with E-state index in [4.69, 9.17) is 19.6 Å². The van der Waals surface area contributed by atoms with E-state index in [1.807, 2.05) is 18.2 Å². The number of allylic oxidation sites excluding steroid dienone is 2. The Bertz CT molecular complexity index is 1680. The summed E-state index contributed by atoms with van der Waals surface area (Å²) in [5, 5.41) is 50.0. The van der Waals surface area contributed by atoms with Crippen molar-refractivity contribution in [3.8, 4) is 11.5 Å². The second-order valence-corrected chi connectivity index (χ2v) is 14.3. The molecule has 7 N–H and O–H groups in total. The predicted molar refractivity (Wildman–Crippen MR) is 183 cm³/mol. The Morgan fingerprint density at radius 1 is 1.02 bits per heavy atom. The molecule has 4 aliphatic rings. The molecule has 0 bridgehead atoms. The molecule has 1 saturated carbocycles. The van der Waals surface area contributed by atoms with Crippen LogP contribution in [0.5, 0.6) is 11.5 Å². The molecule has 1 aromatic heterocycles. The molecule has 0 radical (unpaired) electrons. The van der Waals surface area contributed by atoms with Crippen LogP contribution in [-0.2, 0) is 4.79 Å². The number of hydrogen-bond donors (Lipinski definition) is 7. The molecule has 50 heavy (non-hydrogen) atoms. The number of carbonyl (C=O) groups is 2. The van der Waals surface area contributed by atoms with Crippen molar-refractivity contribution in [1.29, 1.82) is 0 Å². The molecular weight excluding hydrogens is 670 g/mol. The van der Waals surface area contributed by atoms with Crippen LogP contribution in [0.15, 0.2) is 34.3 Å². The molecule has 6 rings (SSSR count). The van der Waals surface area contributed by atoms with Crippen LogP contribution in [-0.4, -0.2) is 115 Å². The average molecular weight is 716 g/mol. The van der Waals surface area contributed by atoms with E-state index in [0.29, 0.717) is 22.9 Å². The lowest BCUT2D eigenvalue weighted by molar-refractivity contribution is -0.141. The molecule has 1 saturated heterocycles. The van der Waals surface area contributed by atoms with Crippen LogP contribution >= 0.6 is 11.8 Å². The largest absolute Gasteiger partial charge is 0.493 e. The maximum Gasteiger partial charge on any atom is 0.305 e. The van der Waals surface area contributed by atoms with Crippen LogP contribution in [0.1, 0.15) is 85.5 Å². The van der Waals surface area contributed by atoms with Gasteiger partial charge in [-0.1, -0.05) is 25.3 Å². The monoisotopic (exact) mass is 715 g/mol. The van der Waals surface area contributed by atoms with Gasteiger partial charge in [0.1, 0.15) is 35.6 Å². The lowest BCUT2D eigenvalue weighted by Crippen LogP contribution is -2.57. The highest BCUT2D eigenvalue weighted by molar-refractivity contribution is 8.01. The van der Waals surface area contributed by atoms with Crippen LogP contribution in [0.2, 0.25) is 0 Å². The fraction of sp³-hybridized carbons (Fsp3) is 0.588. The second kappa shape index (κ2) is 15.3. The normalized spacial score (nSPS) is 23.5. The van der Waals surface area contributed by atoms with Crippen molar-refractivity contribution < 1.29 is 44.6 Å². The van der Waals surface area contributed by atoms with Gasteiger partial charge in [0.2, 0.25) is 5.82 Å². The van der Waals surface area contributed by atoms with Crippen LogP contribution in [0.3, 0.4) is 0 Å². The molecule has 2 aromatic rings. The zero-order chi connectivity index (χ0) is 35.7. The number of thioether (sulfide) groups is 1. The minimum absolute atomic E-state index is 0.0837. The second-order valence-electron chi connectivity index (χ2n) is 13.2. The van der Waals surface area contributed by atoms with E-state index in [-0.39, 0.29) is 17.6 Å². The summed E-state index contributed by atoms with van der Waals surface area (Å²) in [5.74, 6) is -1.01. The quantitative estimate of drug-likeness (QED) is 0.172. The Labute approximate surface area is 293 Å². The summed E-state index contributed by atoms with van der Waals surface area (Å²) >= 11 is 0.901. The van der Waals surface area contributed by atoms with Crippen molar-refractivity contribution in [2.24, 2.45) is 0 Å². The maximum absolute atomic E-state index is 14.3. The number of ether oxygens (including phenoxy) is 2. The summed E-state index contributed by atoms with van der Waals surface area (Å²) in [5.41, 5.74) is 5.44. The van der Waals surface area contributed by atoms with E-state index in [2.05, 4.69) is 15.3 Å². The first-order valence-electron chi connectivity index (χ1n) is 17.0. The Morgan fingerprint density at radius 3 is 2.44 bits per heavy atom. The number of hydrogen-bond acceptors (Lipinski definition) is 13. The lowest BCUT2D eigenvalue weighted by atomic mass is 9.75. The number of amides is 2. The minimum atomic E-state index is -1.96. The molecule has 16 heteroatoms. The highest BCUT2D eigenvalue weighted by atomic mass is 32.2. The third-order valence-electron chi connectivity index (χ3n) is 10.2. The molecule has 15 nitrogen and oxygen atoms in total. The topological polar surface area (TPSA) is 218 Å². The van der Waals surface area contributed by atoms with Gasteiger partial charge in [-0.15, -0.1) is 11.8 Å². The SMILES string of the molecule is COc1ccc(C2C3=C(CCCC3)N(C3CCCCC3)c3nc(C(=O)NN4C(=O)CSC4[C@@H](O)[C@@H](O)[C@H](O)[C@H](O)CO)[nH]c(=O)c32)cc1OC. The Hall–Kier alpha value is -3.67. The van der Waals surface area contributed by atoms with E-state index < -0.39 is 59.7 Å². The molecule has 2 fully saturated rings. The van der Waals surface area contributed by atoms with E-state index in [9.17, 15) is 34.8 Å². The number of nitrogens with one attached hydrogen (secondary N) is 2. The summed E-state index contributed by atoms with van der Waals surface area (Å²) in [4.78, 5) is 50.6. The molecule has 0 spiro atoms. The third kappa shape index (κ3) is 6.72. The van der Waals surface area contributed by atoms with Gasteiger partial charge in [0.25, 0.3) is 11.5 Å². The maximum atomic E-state index is 14.3. The lowest BCUT2D eigenvalue weighted by Gasteiger charge is -2.45. The number of hydrazine groups is 1. The van der Waals surface area contributed by atoms with Crippen molar-refractivity contribution in [1.82, 2.24) is 20.4 Å². The van der Waals surface area contributed by atoms with Gasteiger partial charge in [0.15, 0.2) is 11.5 Å². The number of methoxy groups -OCH3 is 2. The van der Waals surface area contributed by atoms with Gasteiger partial charge < -0.3 is 44.9 Å². The van der Waals surface area contributed by atoms with Gasteiger partial charge in [0.05, 0.1) is 32.1 Å². The number of aromatic nitrogens is 2. The average Bonchev–Trinajstić information content (AvgIpc) is 3.51. The van der Waals surface area contributed by atoms with Gasteiger partial charge >= 0.3 is 5.91 Å².